The van der Waals surface area contributed by atoms with Crippen LogP contribution in [-0.2, 0) is 4.79 Å². The van der Waals surface area contributed by atoms with Gasteiger partial charge in [0, 0.05) is 12.2 Å². The zero-order chi connectivity index (χ0) is 14.8. The zero-order valence-electron chi connectivity index (χ0n) is 11.8. The third-order valence-electron chi connectivity index (χ3n) is 3.78. The van der Waals surface area contributed by atoms with Crippen molar-refractivity contribution < 1.29 is 4.79 Å². The average Bonchev–Trinajstić information content (AvgIpc) is 2.50. The van der Waals surface area contributed by atoms with Crippen molar-refractivity contribution in [1.82, 2.24) is 0 Å². The maximum atomic E-state index is 12.6. The maximum Gasteiger partial charge on any atom is 0.232 e. The summed E-state index contributed by atoms with van der Waals surface area (Å²) in [6.45, 7) is 2.78. The Kier molecular flexibility index (Phi) is 3.84. The molecule has 1 atom stereocenters. The van der Waals surface area contributed by atoms with Crippen LogP contribution < -0.4 is 10.6 Å². The predicted molar refractivity (Wildman–Crippen MR) is 87.1 cm³/mol. The lowest BCUT2D eigenvalue weighted by atomic mass is 9.90. The molecule has 4 heteroatoms. The number of fused-ring (bicyclic) bond motifs is 1. The lowest BCUT2D eigenvalue weighted by molar-refractivity contribution is -0.117. The molecule has 0 saturated carbocycles. The topological polar surface area (TPSA) is 41.1 Å². The summed E-state index contributed by atoms with van der Waals surface area (Å²) in [6, 6.07) is 13.6. The molecule has 0 radical (unpaired) electrons. The molecule has 2 aromatic rings. The van der Waals surface area contributed by atoms with Crippen LogP contribution in [0.5, 0.6) is 0 Å². The van der Waals surface area contributed by atoms with Crippen LogP contribution in [0.15, 0.2) is 42.5 Å². The van der Waals surface area contributed by atoms with Gasteiger partial charge in [0.15, 0.2) is 0 Å². The molecule has 0 fully saturated rings. The van der Waals surface area contributed by atoms with Crippen LogP contribution in [0.3, 0.4) is 0 Å². The number of anilines is 2. The van der Waals surface area contributed by atoms with Gasteiger partial charge < -0.3 is 10.6 Å². The molecule has 0 saturated heterocycles. The molecule has 2 aromatic carbocycles. The van der Waals surface area contributed by atoms with Gasteiger partial charge in [0.05, 0.1) is 16.6 Å². The summed E-state index contributed by atoms with van der Waals surface area (Å²) < 4.78 is 0. The first-order valence-electron chi connectivity index (χ1n) is 7.05. The van der Waals surface area contributed by atoms with Gasteiger partial charge in [0.25, 0.3) is 0 Å². The summed E-state index contributed by atoms with van der Waals surface area (Å²) in [5.74, 6) is -0.143. The number of aryl methyl sites for hydroxylation is 1. The molecule has 21 heavy (non-hydrogen) atoms. The van der Waals surface area contributed by atoms with Gasteiger partial charge in [-0.3, -0.25) is 4.79 Å². The van der Waals surface area contributed by atoms with Crippen LogP contribution in [0.2, 0.25) is 5.02 Å². The third-order valence-corrected chi connectivity index (χ3v) is 4.11. The quantitative estimate of drug-likeness (QED) is 0.873. The summed E-state index contributed by atoms with van der Waals surface area (Å²) in [6.07, 6.45) is 0.784. The highest BCUT2D eigenvalue weighted by Gasteiger charge is 2.26. The highest BCUT2D eigenvalue weighted by atomic mass is 35.5. The molecule has 1 unspecified atom stereocenters. The van der Waals surface area contributed by atoms with E-state index in [9.17, 15) is 4.79 Å². The van der Waals surface area contributed by atoms with Gasteiger partial charge in [-0.2, -0.15) is 0 Å². The Morgan fingerprint density at radius 1 is 1.29 bits per heavy atom. The van der Waals surface area contributed by atoms with Gasteiger partial charge in [-0.1, -0.05) is 35.9 Å². The largest absolute Gasteiger partial charge is 0.385 e. The van der Waals surface area contributed by atoms with Gasteiger partial charge in [-0.05, 0) is 42.7 Å². The third kappa shape index (κ3) is 2.88. The molecule has 108 valence electrons. The highest BCUT2D eigenvalue weighted by Crippen LogP contribution is 2.33. The first-order valence-corrected chi connectivity index (χ1v) is 7.43. The lowest BCUT2D eigenvalue weighted by Crippen LogP contribution is -2.27. The number of carbonyl (C=O) groups excluding carboxylic acids is 1. The predicted octanol–water partition coefficient (Wildman–Crippen LogP) is 4.19. The van der Waals surface area contributed by atoms with Crippen molar-refractivity contribution in [3.8, 4) is 0 Å². The number of rotatable bonds is 2. The lowest BCUT2D eigenvalue weighted by Gasteiger charge is -2.26. The normalized spacial score (nSPS) is 16.8. The first-order chi connectivity index (χ1) is 10.1. The number of carbonyl (C=O) groups is 1. The van der Waals surface area contributed by atoms with Crippen LogP contribution in [0.4, 0.5) is 11.4 Å². The van der Waals surface area contributed by atoms with E-state index in [4.69, 9.17) is 11.6 Å². The smallest absolute Gasteiger partial charge is 0.232 e. The van der Waals surface area contributed by atoms with Crippen LogP contribution >= 0.6 is 11.6 Å². The summed E-state index contributed by atoms with van der Waals surface area (Å²) in [5.41, 5.74) is 3.84. The molecule has 0 aromatic heterocycles. The van der Waals surface area contributed by atoms with Crippen LogP contribution in [0, 0.1) is 6.92 Å². The zero-order valence-corrected chi connectivity index (χ0v) is 12.6. The number of hydrogen-bond acceptors (Lipinski definition) is 2. The van der Waals surface area contributed by atoms with E-state index in [1.807, 2.05) is 49.4 Å². The van der Waals surface area contributed by atoms with Gasteiger partial charge in [-0.15, -0.1) is 0 Å². The number of amides is 1. The van der Waals surface area contributed by atoms with E-state index in [-0.39, 0.29) is 11.8 Å². The highest BCUT2D eigenvalue weighted by molar-refractivity contribution is 6.33. The average molecular weight is 301 g/mol. The van der Waals surface area contributed by atoms with E-state index in [1.165, 1.54) is 0 Å². The molecule has 1 aliphatic rings. The minimum Gasteiger partial charge on any atom is -0.385 e. The molecule has 1 amide bonds. The molecule has 1 heterocycles. The van der Waals surface area contributed by atoms with E-state index < -0.39 is 0 Å². The second-order valence-electron chi connectivity index (χ2n) is 5.33. The Morgan fingerprint density at radius 3 is 2.95 bits per heavy atom. The maximum absolute atomic E-state index is 12.6. The summed E-state index contributed by atoms with van der Waals surface area (Å²) >= 11 is 6.15. The molecule has 0 aliphatic carbocycles. The van der Waals surface area contributed by atoms with E-state index in [1.54, 1.807) is 0 Å². The SMILES string of the molecule is Cc1ccc(Cl)c(NC(=O)C2CCNc3ccccc32)c1. The van der Waals surface area contributed by atoms with Crippen LogP contribution in [0.25, 0.3) is 0 Å². The molecule has 2 N–H and O–H groups in total. The first kappa shape index (κ1) is 14.0. The van der Waals surface area contributed by atoms with Crippen LogP contribution in [0.1, 0.15) is 23.5 Å². The Balaban J connectivity index is 1.85. The fourth-order valence-corrected chi connectivity index (χ4v) is 2.86. The summed E-state index contributed by atoms with van der Waals surface area (Å²) in [4.78, 5) is 12.6. The van der Waals surface area contributed by atoms with E-state index in [0.29, 0.717) is 10.7 Å². The van der Waals surface area contributed by atoms with Crippen molar-refractivity contribution in [2.45, 2.75) is 19.3 Å². The summed E-state index contributed by atoms with van der Waals surface area (Å²) in [7, 11) is 0. The fraction of sp³-hybridized carbons (Fsp3) is 0.235. The monoisotopic (exact) mass is 300 g/mol. The molecule has 0 bridgehead atoms. The second-order valence-corrected chi connectivity index (χ2v) is 5.74. The molecule has 0 spiro atoms. The Morgan fingerprint density at radius 2 is 2.10 bits per heavy atom. The molecular weight excluding hydrogens is 284 g/mol. The van der Waals surface area contributed by atoms with Gasteiger partial charge >= 0.3 is 0 Å². The van der Waals surface area contributed by atoms with E-state index in [0.717, 1.165) is 29.8 Å². The molecular formula is C17H17ClN2O. The van der Waals surface area contributed by atoms with Gasteiger partial charge in [0.1, 0.15) is 0 Å². The van der Waals surface area contributed by atoms with Crippen molar-refractivity contribution in [2.75, 3.05) is 17.2 Å². The minimum atomic E-state index is -0.140. The number of nitrogens with one attached hydrogen (secondary N) is 2. The van der Waals surface area contributed by atoms with Gasteiger partial charge in [0.2, 0.25) is 5.91 Å². The van der Waals surface area contributed by atoms with Crippen molar-refractivity contribution in [3.05, 3.63) is 58.6 Å². The van der Waals surface area contributed by atoms with Crippen molar-refractivity contribution in [1.29, 1.82) is 0 Å². The van der Waals surface area contributed by atoms with Crippen molar-refractivity contribution in [2.24, 2.45) is 0 Å². The Hall–Kier alpha value is -2.00. The molecule has 3 rings (SSSR count). The number of para-hydroxylation sites is 1. The standard InChI is InChI=1S/C17H17ClN2O/c1-11-6-7-14(18)16(10-11)20-17(21)13-8-9-19-15-5-3-2-4-12(13)15/h2-7,10,13,19H,8-9H2,1H3,(H,20,21). The molecule has 3 nitrogen and oxygen atoms in total. The van der Waals surface area contributed by atoms with Crippen molar-refractivity contribution in [3.63, 3.8) is 0 Å². The number of halogens is 1. The molecule has 1 aliphatic heterocycles. The van der Waals surface area contributed by atoms with Crippen LogP contribution in [-0.4, -0.2) is 12.5 Å². The summed E-state index contributed by atoms with van der Waals surface area (Å²) in [5, 5.41) is 6.85. The number of hydrogen-bond donors (Lipinski definition) is 2. The second kappa shape index (κ2) is 5.78. The van der Waals surface area contributed by atoms with Crippen molar-refractivity contribution >= 4 is 28.9 Å². The van der Waals surface area contributed by atoms with E-state index >= 15 is 0 Å². The van der Waals surface area contributed by atoms with E-state index in [2.05, 4.69) is 10.6 Å². The Bertz CT molecular complexity index is 684. The van der Waals surface area contributed by atoms with Gasteiger partial charge in [-0.25, -0.2) is 0 Å². The fourth-order valence-electron chi connectivity index (χ4n) is 2.70. The minimum absolute atomic E-state index is 0.00329. The Labute approximate surface area is 129 Å². The number of benzene rings is 2.